The van der Waals surface area contributed by atoms with Gasteiger partial charge in [0.15, 0.2) is 0 Å². The molecule has 0 saturated carbocycles. The fourth-order valence-corrected chi connectivity index (χ4v) is 7.45. The molecular formula is C35H34ClFN4O2. The number of carbonyl (C=O) groups excluding carboxylic acids is 2. The van der Waals surface area contributed by atoms with Crippen molar-refractivity contribution in [2.24, 2.45) is 5.41 Å². The molecule has 1 unspecified atom stereocenters. The summed E-state index contributed by atoms with van der Waals surface area (Å²) in [7, 11) is 0. The Kier molecular flexibility index (Phi) is 7.39. The van der Waals surface area contributed by atoms with Crippen molar-refractivity contribution in [3.63, 3.8) is 0 Å². The van der Waals surface area contributed by atoms with Gasteiger partial charge in [-0.05, 0) is 110 Å². The molecule has 2 aliphatic heterocycles. The van der Waals surface area contributed by atoms with Crippen LogP contribution in [0.15, 0.2) is 72.9 Å². The Morgan fingerprint density at radius 3 is 2.67 bits per heavy atom. The molecule has 1 aliphatic carbocycles. The van der Waals surface area contributed by atoms with Crippen molar-refractivity contribution < 1.29 is 14.0 Å². The smallest absolute Gasteiger partial charge is 0.256 e. The second-order valence-electron chi connectivity index (χ2n) is 12.4. The lowest BCUT2D eigenvalue weighted by atomic mass is 9.77. The predicted octanol–water partition coefficient (Wildman–Crippen LogP) is 6.57. The van der Waals surface area contributed by atoms with E-state index in [0.717, 1.165) is 75.1 Å². The van der Waals surface area contributed by atoms with Crippen LogP contribution in [0.1, 0.15) is 69.1 Å². The number of nitrogens with zero attached hydrogens (tertiary/aromatic N) is 3. The van der Waals surface area contributed by atoms with Crippen molar-refractivity contribution in [2.75, 3.05) is 26.2 Å². The molecule has 7 rings (SSSR count). The molecule has 0 bridgehead atoms. The Morgan fingerprint density at radius 1 is 1.00 bits per heavy atom. The maximum Gasteiger partial charge on any atom is 0.256 e. The number of nitrogens with one attached hydrogen (secondary N) is 1. The number of pyridine rings is 1. The highest BCUT2D eigenvalue weighted by Crippen LogP contribution is 2.41. The van der Waals surface area contributed by atoms with Crippen LogP contribution in [0.2, 0.25) is 5.02 Å². The molecule has 3 aliphatic rings. The van der Waals surface area contributed by atoms with E-state index in [-0.39, 0.29) is 28.0 Å². The largest absolute Gasteiger partial charge is 0.345 e. The second kappa shape index (κ2) is 11.4. The minimum atomic E-state index is -0.646. The highest BCUT2D eigenvalue weighted by atomic mass is 35.5. The van der Waals surface area contributed by atoms with Gasteiger partial charge in [0, 0.05) is 36.8 Å². The highest BCUT2D eigenvalue weighted by molar-refractivity contribution is 6.33. The minimum Gasteiger partial charge on any atom is -0.345 e. The van der Waals surface area contributed by atoms with Gasteiger partial charge in [-0.15, -0.1) is 0 Å². The molecule has 6 nitrogen and oxygen atoms in total. The van der Waals surface area contributed by atoms with Gasteiger partial charge in [-0.2, -0.15) is 0 Å². The zero-order chi connectivity index (χ0) is 29.6. The summed E-state index contributed by atoms with van der Waals surface area (Å²) in [6.07, 6.45) is 6.52. The van der Waals surface area contributed by atoms with Gasteiger partial charge in [-0.25, -0.2) is 4.39 Å². The van der Waals surface area contributed by atoms with E-state index in [4.69, 9.17) is 11.6 Å². The first-order valence-electron chi connectivity index (χ1n) is 15.1. The summed E-state index contributed by atoms with van der Waals surface area (Å²) in [6, 6.07) is 20.4. The monoisotopic (exact) mass is 596 g/mol. The average molecular weight is 597 g/mol. The van der Waals surface area contributed by atoms with Gasteiger partial charge in [0.05, 0.1) is 22.1 Å². The van der Waals surface area contributed by atoms with Crippen LogP contribution in [0.25, 0.3) is 10.9 Å². The SMILES string of the molecule is O=C(NC1CCc2ccc(C(=O)N3CCC4(CCN(Cc5ccc6ncccc6c5)CC4)C3)cc21)c1c(F)cccc1Cl. The zero-order valence-corrected chi connectivity index (χ0v) is 24.7. The first-order chi connectivity index (χ1) is 20.9. The molecule has 43 heavy (non-hydrogen) atoms. The number of hydrogen-bond acceptors (Lipinski definition) is 4. The third-order valence-corrected chi connectivity index (χ3v) is 10.00. The van der Waals surface area contributed by atoms with Gasteiger partial charge in [-0.1, -0.05) is 35.9 Å². The van der Waals surface area contributed by atoms with Crippen LogP contribution in [-0.4, -0.2) is 52.8 Å². The first-order valence-corrected chi connectivity index (χ1v) is 15.5. The van der Waals surface area contributed by atoms with Crippen molar-refractivity contribution >= 4 is 34.3 Å². The average Bonchev–Trinajstić information content (AvgIpc) is 3.62. The number of aryl methyl sites for hydroxylation is 1. The van der Waals surface area contributed by atoms with Crippen LogP contribution in [0.5, 0.6) is 0 Å². The Labute approximate surface area is 255 Å². The molecule has 2 amide bonds. The lowest BCUT2D eigenvalue weighted by Crippen LogP contribution is -2.42. The number of amides is 2. The number of halogens is 2. The number of rotatable bonds is 5. The number of benzene rings is 3. The Morgan fingerprint density at radius 2 is 1.84 bits per heavy atom. The van der Waals surface area contributed by atoms with Crippen molar-refractivity contribution in [1.29, 1.82) is 0 Å². The summed E-state index contributed by atoms with van der Waals surface area (Å²) < 4.78 is 14.3. The fourth-order valence-electron chi connectivity index (χ4n) is 7.20. The molecule has 1 N–H and O–H groups in total. The first kappa shape index (κ1) is 28.0. The number of piperidine rings is 1. The molecule has 2 fully saturated rings. The maximum atomic E-state index is 14.3. The molecule has 4 aromatic rings. The van der Waals surface area contributed by atoms with Crippen LogP contribution < -0.4 is 5.32 Å². The topological polar surface area (TPSA) is 65.5 Å². The van der Waals surface area contributed by atoms with Crippen molar-refractivity contribution in [1.82, 2.24) is 20.1 Å². The third-order valence-electron chi connectivity index (χ3n) is 9.68. The lowest BCUT2D eigenvalue weighted by Gasteiger charge is -2.39. The molecular weight excluding hydrogens is 563 g/mol. The number of carbonyl (C=O) groups is 2. The maximum absolute atomic E-state index is 14.3. The summed E-state index contributed by atoms with van der Waals surface area (Å²) in [4.78, 5) is 35.6. The van der Waals surface area contributed by atoms with Crippen LogP contribution in [0, 0.1) is 11.2 Å². The number of likely N-dealkylation sites (tertiary alicyclic amines) is 2. The Hall–Kier alpha value is -3.81. The summed E-state index contributed by atoms with van der Waals surface area (Å²) in [5, 5.41) is 4.21. The van der Waals surface area contributed by atoms with Gasteiger partial charge >= 0.3 is 0 Å². The quantitative estimate of drug-likeness (QED) is 0.283. The van der Waals surface area contributed by atoms with E-state index in [2.05, 4.69) is 39.5 Å². The molecule has 3 aromatic carbocycles. The summed E-state index contributed by atoms with van der Waals surface area (Å²) in [5.74, 6) is -1.14. The molecule has 2 saturated heterocycles. The van der Waals surface area contributed by atoms with Crippen molar-refractivity contribution in [3.8, 4) is 0 Å². The molecule has 1 atom stereocenters. The minimum absolute atomic E-state index is 0.0426. The van der Waals surface area contributed by atoms with Gasteiger partial charge < -0.3 is 10.2 Å². The van der Waals surface area contributed by atoms with Crippen molar-refractivity contribution in [2.45, 2.75) is 44.7 Å². The second-order valence-corrected chi connectivity index (χ2v) is 12.8. The predicted molar refractivity (Wildman–Crippen MR) is 166 cm³/mol. The number of hydrogen-bond donors (Lipinski definition) is 1. The van der Waals surface area contributed by atoms with E-state index >= 15 is 0 Å². The molecule has 220 valence electrons. The van der Waals surface area contributed by atoms with E-state index in [9.17, 15) is 14.0 Å². The summed E-state index contributed by atoms with van der Waals surface area (Å²) in [6.45, 7) is 4.53. The van der Waals surface area contributed by atoms with E-state index in [0.29, 0.717) is 12.0 Å². The van der Waals surface area contributed by atoms with Crippen molar-refractivity contribution in [3.05, 3.63) is 112 Å². The lowest BCUT2D eigenvalue weighted by molar-refractivity contribution is 0.0713. The van der Waals surface area contributed by atoms with Gasteiger partial charge in [0.2, 0.25) is 0 Å². The third kappa shape index (κ3) is 5.52. The molecule has 0 radical (unpaired) electrons. The van der Waals surface area contributed by atoms with Crippen LogP contribution in [-0.2, 0) is 13.0 Å². The summed E-state index contributed by atoms with van der Waals surface area (Å²) >= 11 is 6.12. The zero-order valence-electron chi connectivity index (χ0n) is 24.0. The molecule has 1 aromatic heterocycles. The summed E-state index contributed by atoms with van der Waals surface area (Å²) in [5.41, 5.74) is 5.04. The standard InChI is InChI=1S/C35H34ClFN4O2/c36-28-4-1-5-29(37)32(28)33(42)39-31-11-9-24-7-8-26(20-27(24)31)34(43)41-18-14-35(22-41)12-16-40(17-13-35)21-23-6-10-30-25(19-23)3-2-15-38-30/h1-8,10,15,19-20,31H,9,11-14,16-18,21-22H2,(H,39,42). The van der Waals surface area contributed by atoms with Gasteiger partial charge in [-0.3, -0.25) is 19.5 Å². The van der Waals surface area contributed by atoms with Gasteiger partial charge in [0.25, 0.3) is 11.8 Å². The van der Waals surface area contributed by atoms with Gasteiger partial charge in [0.1, 0.15) is 5.82 Å². The molecule has 3 heterocycles. The molecule has 1 spiro atoms. The van der Waals surface area contributed by atoms with Crippen LogP contribution in [0.4, 0.5) is 4.39 Å². The highest BCUT2D eigenvalue weighted by Gasteiger charge is 2.42. The van der Waals surface area contributed by atoms with Crippen LogP contribution >= 0.6 is 11.6 Å². The van der Waals surface area contributed by atoms with E-state index in [1.165, 1.54) is 29.1 Å². The normalized spacial score (nSPS) is 19.6. The molecule has 8 heteroatoms. The number of aromatic nitrogens is 1. The van der Waals surface area contributed by atoms with E-state index in [1.807, 2.05) is 35.4 Å². The van der Waals surface area contributed by atoms with Crippen LogP contribution in [0.3, 0.4) is 0 Å². The van der Waals surface area contributed by atoms with E-state index < -0.39 is 11.7 Å². The number of fused-ring (bicyclic) bond motifs is 2. The Bertz CT molecular complexity index is 1700. The van der Waals surface area contributed by atoms with E-state index in [1.54, 1.807) is 0 Å². The fraction of sp³-hybridized carbons (Fsp3) is 0.343. The Balaban J connectivity index is 0.981.